The normalized spacial score (nSPS) is 12.3. The van der Waals surface area contributed by atoms with Crippen molar-refractivity contribution < 1.29 is 9.47 Å². The van der Waals surface area contributed by atoms with Crippen LogP contribution in [0.5, 0.6) is 11.5 Å². The second kappa shape index (κ2) is 11.7. The molecule has 0 aliphatic rings. The molecule has 0 aliphatic carbocycles. The van der Waals surface area contributed by atoms with Gasteiger partial charge in [-0.3, -0.25) is 4.79 Å². The van der Waals surface area contributed by atoms with Crippen LogP contribution >= 0.6 is 0 Å². The van der Waals surface area contributed by atoms with E-state index in [9.17, 15) is 4.79 Å². The minimum absolute atomic E-state index is 0.0339. The fourth-order valence-electron chi connectivity index (χ4n) is 4.40. The van der Waals surface area contributed by atoms with Crippen molar-refractivity contribution in [3.05, 3.63) is 81.6 Å². The number of para-hydroxylation sites is 1. The van der Waals surface area contributed by atoms with Gasteiger partial charge in [-0.25, -0.2) is 4.98 Å². The molecule has 3 aromatic carbocycles. The van der Waals surface area contributed by atoms with Crippen molar-refractivity contribution in [2.24, 2.45) is 5.10 Å². The Hall–Kier alpha value is -4.13. The highest BCUT2D eigenvalue weighted by Crippen LogP contribution is 2.34. The Morgan fingerprint density at radius 2 is 1.79 bits per heavy atom. The summed E-state index contributed by atoms with van der Waals surface area (Å²) >= 11 is 0. The van der Waals surface area contributed by atoms with Crippen molar-refractivity contribution in [2.75, 3.05) is 26.1 Å². The van der Waals surface area contributed by atoms with Gasteiger partial charge in [0.1, 0.15) is 11.5 Å². The zero-order chi connectivity index (χ0) is 28.3. The number of aryl methyl sites for hydroxylation is 1. The van der Waals surface area contributed by atoms with E-state index in [1.54, 1.807) is 19.4 Å². The maximum absolute atomic E-state index is 13.8. The molecule has 7 heteroatoms. The Kier molecular flexibility index (Phi) is 8.38. The van der Waals surface area contributed by atoms with E-state index >= 15 is 0 Å². The van der Waals surface area contributed by atoms with Gasteiger partial charge in [0.2, 0.25) is 0 Å². The highest BCUT2D eigenvalue weighted by Gasteiger charge is 2.18. The zero-order valence-electron chi connectivity index (χ0n) is 24.1. The van der Waals surface area contributed by atoms with Crippen LogP contribution in [0.3, 0.4) is 0 Å². The second-order valence-corrected chi connectivity index (χ2v) is 10.3. The maximum Gasteiger partial charge on any atom is 0.282 e. The molecule has 4 aromatic rings. The van der Waals surface area contributed by atoms with Crippen molar-refractivity contribution in [3.8, 4) is 22.9 Å². The molecule has 0 spiro atoms. The quantitative estimate of drug-likeness (QED) is 0.229. The van der Waals surface area contributed by atoms with Crippen LogP contribution in [0.1, 0.15) is 56.7 Å². The number of fused-ring (bicyclic) bond motifs is 1. The van der Waals surface area contributed by atoms with Gasteiger partial charge in [-0.05, 0) is 73.7 Å². The Morgan fingerprint density at radius 3 is 2.46 bits per heavy atom. The number of rotatable bonds is 9. The Bertz CT molecular complexity index is 1570. The predicted octanol–water partition coefficient (Wildman–Crippen LogP) is 6.63. The fourth-order valence-corrected chi connectivity index (χ4v) is 4.40. The number of anilines is 1. The average Bonchev–Trinajstić information content (AvgIpc) is 2.92. The molecular weight excluding hydrogens is 488 g/mol. The third-order valence-corrected chi connectivity index (χ3v) is 6.92. The summed E-state index contributed by atoms with van der Waals surface area (Å²) in [6, 6.07) is 17.4. The number of nitrogens with zero attached hydrogens (tertiary/aromatic N) is 4. The monoisotopic (exact) mass is 526 g/mol. The first kappa shape index (κ1) is 27.9. The first-order valence-electron chi connectivity index (χ1n) is 13.4. The van der Waals surface area contributed by atoms with Crippen molar-refractivity contribution in [1.29, 1.82) is 0 Å². The number of methoxy groups -OCH3 is 1. The lowest BCUT2D eigenvalue weighted by atomic mass is 9.96. The first-order valence-corrected chi connectivity index (χ1v) is 13.4. The lowest BCUT2D eigenvalue weighted by molar-refractivity contribution is 0.217. The SMILES string of the molecule is CC[C@@H](C)Oc1cc(N(C)C)ccc1C=Nn1c(-c2cc(C(C)C)c(OC)cc2C)nc2ccccc2c1=O. The van der Waals surface area contributed by atoms with E-state index in [2.05, 4.69) is 26.8 Å². The second-order valence-electron chi connectivity index (χ2n) is 10.3. The van der Waals surface area contributed by atoms with Crippen molar-refractivity contribution in [1.82, 2.24) is 9.66 Å². The Morgan fingerprint density at radius 1 is 1.05 bits per heavy atom. The number of benzene rings is 3. The molecule has 1 aromatic heterocycles. The summed E-state index contributed by atoms with van der Waals surface area (Å²) in [6.07, 6.45) is 2.59. The minimum Gasteiger partial charge on any atom is -0.496 e. The van der Waals surface area contributed by atoms with Crippen LogP contribution in [0.25, 0.3) is 22.3 Å². The molecule has 1 heterocycles. The third kappa shape index (κ3) is 5.82. The van der Waals surface area contributed by atoms with E-state index < -0.39 is 0 Å². The van der Waals surface area contributed by atoms with E-state index in [0.29, 0.717) is 22.5 Å². The van der Waals surface area contributed by atoms with Crippen LogP contribution in [-0.2, 0) is 0 Å². The third-order valence-electron chi connectivity index (χ3n) is 6.92. The molecule has 0 saturated carbocycles. The number of hydrogen-bond acceptors (Lipinski definition) is 6. The highest BCUT2D eigenvalue weighted by atomic mass is 16.5. The zero-order valence-corrected chi connectivity index (χ0v) is 24.1. The smallest absolute Gasteiger partial charge is 0.282 e. The van der Waals surface area contributed by atoms with Crippen LogP contribution < -0.4 is 19.9 Å². The summed E-state index contributed by atoms with van der Waals surface area (Å²) in [6.45, 7) is 10.4. The van der Waals surface area contributed by atoms with E-state index in [-0.39, 0.29) is 17.6 Å². The topological polar surface area (TPSA) is 68.9 Å². The van der Waals surface area contributed by atoms with Crippen LogP contribution in [0.2, 0.25) is 0 Å². The van der Waals surface area contributed by atoms with E-state index in [1.807, 2.05) is 75.3 Å². The van der Waals surface area contributed by atoms with Gasteiger partial charge < -0.3 is 14.4 Å². The molecule has 0 radical (unpaired) electrons. The molecule has 7 nitrogen and oxygen atoms in total. The summed E-state index contributed by atoms with van der Waals surface area (Å²) < 4.78 is 13.3. The van der Waals surface area contributed by atoms with Crippen molar-refractivity contribution >= 4 is 22.8 Å². The van der Waals surface area contributed by atoms with E-state index in [1.165, 1.54) is 4.68 Å². The first-order chi connectivity index (χ1) is 18.6. The molecule has 204 valence electrons. The molecule has 1 atom stereocenters. The highest BCUT2D eigenvalue weighted by molar-refractivity contribution is 5.85. The van der Waals surface area contributed by atoms with Gasteiger partial charge in [0.15, 0.2) is 5.82 Å². The molecule has 4 rings (SSSR count). The van der Waals surface area contributed by atoms with Gasteiger partial charge in [0, 0.05) is 37.0 Å². The summed E-state index contributed by atoms with van der Waals surface area (Å²) in [7, 11) is 5.66. The van der Waals surface area contributed by atoms with Gasteiger partial charge in [0.25, 0.3) is 5.56 Å². The maximum atomic E-state index is 13.8. The molecule has 0 saturated heterocycles. The lowest BCUT2D eigenvalue weighted by Crippen LogP contribution is -2.21. The average molecular weight is 527 g/mol. The van der Waals surface area contributed by atoms with Gasteiger partial charge >= 0.3 is 0 Å². The summed E-state index contributed by atoms with van der Waals surface area (Å²) in [5.74, 6) is 2.23. The largest absolute Gasteiger partial charge is 0.496 e. The molecule has 39 heavy (non-hydrogen) atoms. The Labute approximate surface area is 230 Å². The van der Waals surface area contributed by atoms with Gasteiger partial charge in [-0.15, -0.1) is 0 Å². The van der Waals surface area contributed by atoms with Crippen molar-refractivity contribution in [3.63, 3.8) is 0 Å². The summed E-state index contributed by atoms with van der Waals surface area (Å²) in [4.78, 5) is 20.8. The van der Waals surface area contributed by atoms with Crippen LogP contribution in [0.4, 0.5) is 5.69 Å². The molecule has 0 bridgehead atoms. The number of hydrogen-bond donors (Lipinski definition) is 0. The molecule has 0 amide bonds. The predicted molar refractivity (Wildman–Crippen MR) is 161 cm³/mol. The lowest BCUT2D eigenvalue weighted by Gasteiger charge is -2.19. The number of aromatic nitrogens is 2. The molecule has 0 fully saturated rings. The summed E-state index contributed by atoms with van der Waals surface area (Å²) in [5, 5.41) is 5.23. The molecule has 0 aliphatic heterocycles. The molecule has 0 unspecified atom stereocenters. The van der Waals surface area contributed by atoms with Crippen LogP contribution in [0.15, 0.2) is 64.5 Å². The van der Waals surface area contributed by atoms with Crippen LogP contribution in [-0.4, -0.2) is 43.2 Å². The van der Waals surface area contributed by atoms with Gasteiger partial charge in [0.05, 0.1) is 30.3 Å². The summed E-state index contributed by atoms with van der Waals surface area (Å²) in [5.41, 5.74) is 5.01. The standard InChI is InChI=1S/C32H38N4O3/c1-9-22(5)39-29-17-24(35(6)7)15-14-23(29)19-33-36-31(34-28-13-11-10-12-25(28)32(36)37)27-18-26(20(2)3)30(38-8)16-21(27)4/h10-20,22H,9H2,1-8H3/t22-/m1/s1. The van der Waals surface area contributed by atoms with E-state index in [0.717, 1.165) is 40.1 Å². The molecular formula is C32H38N4O3. The number of ether oxygens (including phenoxy) is 2. The Balaban J connectivity index is 1.94. The van der Waals surface area contributed by atoms with Crippen LogP contribution in [0, 0.1) is 6.92 Å². The minimum atomic E-state index is -0.234. The van der Waals surface area contributed by atoms with Gasteiger partial charge in [-0.2, -0.15) is 9.78 Å². The van der Waals surface area contributed by atoms with Gasteiger partial charge in [-0.1, -0.05) is 32.9 Å². The van der Waals surface area contributed by atoms with E-state index in [4.69, 9.17) is 19.6 Å². The fraction of sp³-hybridized carbons (Fsp3) is 0.344. The van der Waals surface area contributed by atoms with Crippen molar-refractivity contribution in [2.45, 2.75) is 53.1 Å². The molecule has 0 N–H and O–H groups in total.